The molecule has 158 valence electrons. The molecule has 4 nitrogen and oxygen atoms in total. The molecule has 0 unspecified atom stereocenters. The van der Waals surface area contributed by atoms with Crippen molar-refractivity contribution in [2.24, 2.45) is 17.3 Å². The highest BCUT2D eigenvalue weighted by atomic mass is 19.1. The molecule has 3 saturated carbocycles. The fourth-order valence-corrected chi connectivity index (χ4v) is 5.70. The van der Waals surface area contributed by atoms with Crippen LogP contribution in [0.2, 0.25) is 0 Å². The van der Waals surface area contributed by atoms with Crippen molar-refractivity contribution in [1.82, 2.24) is 0 Å². The van der Waals surface area contributed by atoms with E-state index in [4.69, 9.17) is 9.47 Å². The molecular formula is C25H27FO4. The second-order valence-electron chi connectivity index (χ2n) is 9.50. The van der Waals surface area contributed by atoms with Crippen molar-refractivity contribution >= 4 is 5.97 Å². The Kier molecular flexibility index (Phi) is 4.81. The van der Waals surface area contributed by atoms with Crippen LogP contribution in [0.25, 0.3) is 0 Å². The highest BCUT2D eigenvalue weighted by Gasteiger charge is 2.58. The number of fused-ring (bicyclic) bond motifs is 2. The van der Waals surface area contributed by atoms with E-state index in [-0.39, 0.29) is 22.8 Å². The summed E-state index contributed by atoms with van der Waals surface area (Å²) in [5, 5.41) is 9.20. The average Bonchev–Trinajstić information content (AvgIpc) is 3.26. The number of para-hydroxylation sites is 1. The molecule has 0 heterocycles. The van der Waals surface area contributed by atoms with E-state index in [9.17, 15) is 14.3 Å². The van der Waals surface area contributed by atoms with Crippen LogP contribution in [0.15, 0.2) is 48.5 Å². The first-order valence-electron chi connectivity index (χ1n) is 10.8. The fourth-order valence-electron chi connectivity index (χ4n) is 5.70. The number of ether oxygens (including phenoxy) is 2. The molecule has 0 spiro atoms. The maximum atomic E-state index is 14.1. The molecule has 5 heteroatoms. The summed E-state index contributed by atoms with van der Waals surface area (Å²) in [6.07, 6.45) is 7.11. The van der Waals surface area contributed by atoms with Gasteiger partial charge in [-0.3, -0.25) is 4.79 Å². The van der Waals surface area contributed by atoms with Crippen LogP contribution in [0, 0.1) is 23.1 Å². The van der Waals surface area contributed by atoms with Crippen molar-refractivity contribution in [3.05, 3.63) is 59.9 Å². The number of hydrogen-bond acceptors (Lipinski definition) is 3. The summed E-state index contributed by atoms with van der Waals surface area (Å²) in [4.78, 5) is 11.2. The Labute approximate surface area is 176 Å². The molecule has 2 aromatic carbocycles. The summed E-state index contributed by atoms with van der Waals surface area (Å²) in [6.45, 7) is 0.361. The minimum atomic E-state index is -0.644. The van der Waals surface area contributed by atoms with Gasteiger partial charge in [0, 0.05) is 6.07 Å². The maximum Gasteiger partial charge on any atom is 0.306 e. The van der Waals surface area contributed by atoms with Crippen LogP contribution >= 0.6 is 0 Å². The molecule has 0 aromatic heterocycles. The highest BCUT2D eigenvalue weighted by Crippen LogP contribution is 2.63. The normalized spacial score (nSPS) is 31.6. The molecule has 3 aliphatic carbocycles. The van der Waals surface area contributed by atoms with E-state index in [0.29, 0.717) is 24.0 Å². The van der Waals surface area contributed by atoms with Gasteiger partial charge in [0.15, 0.2) is 0 Å². The topological polar surface area (TPSA) is 55.8 Å². The maximum absolute atomic E-state index is 14.1. The van der Waals surface area contributed by atoms with Crippen LogP contribution < -0.4 is 4.74 Å². The standard InChI is InChI=1S/C25H27FO4/c26-19-10-17(11-21(13-19)30-20-4-2-1-3-5-20)15-29-25-8-6-24(16-25,7-9-25)14-18-12-22(18)23(27)28/h1-5,10-11,13,18,22H,6-9,12,14-16H2,(H,27,28)/t18-,22+,24?,25?/m1/s1. The Morgan fingerprint density at radius 2 is 1.83 bits per heavy atom. The van der Waals surface area contributed by atoms with Gasteiger partial charge < -0.3 is 14.6 Å². The lowest BCUT2D eigenvalue weighted by atomic mass is 9.79. The van der Waals surface area contributed by atoms with Crippen LogP contribution in [0.3, 0.4) is 0 Å². The molecule has 2 bridgehead atoms. The van der Waals surface area contributed by atoms with Crippen molar-refractivity contribution in [3.63, 3.8) is 0 Å². The van der Waals surface area contributed by atoms with Crippen LogP contribution in [0.5, 0.6) is 11.5 Å². The zero-order valence-corrected chi connectivity index (χ0v) is 17.0. The molecule has 3 aliphatic rings. The van der Waals surface area contributed by atoms with Gasteiger partial charge in [-0.2, -0.15) is 0 Å². The van der Waals surface area contributed by atoms with Crippen molar-refractivity contribution in [3.8, 4) is 11.5 Å². The Morgan fingerprint density at radius 3 is 2.53 bits per heavy atom. The Bertz CT molecular complexity index is 933. The smallest absolute Gasteiger partial charge is 0.306 e. The van der Waals surface area contributed by atoms with Crippen LogP contribution in [-0.2, 0) is 16.1 Å². The minimum Gasteiger partial charge on any atom is -0.481 e. The van der Waals surface area contributed by atoms with Crippen LogP contribution in [0.1, 0.15) is 50.5 Å². The van der Waals surface area contributed by atoms with Crippen molar-refractivity contribution in [2.45, 2.75) is 57.2 Å². The average molecular weight is 410 g/mol. The Hall–Kier alpha value is -2.40. The van der Waals surface area contributed by atoms with Gasteiger partial charge in [-0.15, -0.1) is 0 Å². The molecule has 2 aromatic rings. The number of halogens is 1. The second-order valence-corrected chi connectivity index (χ2v) is 9.50. The summed E-state index contributed by atoms with van der Waals surface area (Å²) in [5.41, 5.74) is 0.881. The van der Waals surface area contributed by atoms with Crippen molar-refractivity contribution < 1.29 is 23.8 Å². The second kappa shape index (κ2) is 7.38. The number of benzene rings is 2. The van der Waals surface area contributed by atoms with Crippen molar-refractivity contribution in [1.29, 1.82) is 0 Å². The molecule has 0 aliphatic heterocycles. The third-order valence-corrected chi connectivity index (χ3v) is 7.31. The largest absolute Gasteiger partial charge is 0.481 e. The molecule has 30 heavy (non-hydrogen) atoms. The fraction of sp³-hybridized carbons (Fsp3) is 0.480. The van der Waals surface area contributed by atoms with E-state index in [1.54, 1.807) is 0 Å². The number of aliphatic carboxylic acids is 1. The van der Waals surface area contributed by atoms with E-state index < -0.39 is 5.97 Å². The number of carboxylic acids is 1. The van der Waals surface area contributed by atoms with E-state index in [1.165, 1.54) is 12.1 Å². The quantitative estimate of drug-likeness (QED) is 0.584. The van der Waals surface area contributed by atoms with E-state index in [0.717, 1.165) is 50.5 Å². The minimum absolute atomic E-state index is 0.133. The number of rotatable bonds is 8. The molecule has 1 N–H and O–H groups in total. The highest BCUT2D eigenvalue weighted by molar-refractivity contribution is 5.73. The van der Waals surface area contributed by atoms with Gasteiger partial charge in [0.1, 0.15) is 17.3 Å². The van der Waals surface area contributed by atoms with Gasteiger partial charge in [0.2, 0.25) is 0 Å². The lowest BCUT2D eigenvalue weighted by molar-refractivity contribution is -0.138. The Morgan fingerprint density at radius 1 is 1.07 bits per heavy atom. The lowest BCUT2D eigenvalue weighted by Gasteiger charge is -2.28. The summed E-state index contributed by atoms with van der Waals surface area (Å²) in [6, 6.07) is 14.1. The molecule has 3 fully saturated rings. The summed E-state index contributed by atoms with van der Waals surface area (Å²) in [7, 11) is 0. The predicted octanol–water partition coefficient (Wildman–Crippen LogP) is 5.95. The SMILES string of the molecule is O=C(O)[C@H]1C[C@@H]1CC12CCC(OCc3cc(F)cc(Oc4ccccc4)c3)(CC1)C2. The van der Waals surface area contributed by atoms with Gasteiger partial charge in [-0.1, -0.05) is 18.2 Å². The molecular weight excluding hydrogens is 383 g/mol. The third-order valence-electron chi connectivity index (χ3n) is 7.31. The Balaban J connectivity index is 1.21. The van der Waals surface area contributed by atoms with Gasteiger partial charge in [0.05, 0.1) is 18.1 Å². The first-order chi connectivity index (χ1) is 14.4. The molecule has 0 saturated heterocycles. The summed E-state index contributed by atoms with van der Waals surface area (Å²) >= 11 is 0. The number of carboxylic acid groups (broad SMARTS) is 1. The van der Waals surface area contributed by atoms with E-state index in [2.05, 4.69) is 0 Å². The molecule has 0 radical (unpaired) electrons. The zero-order valence-electron chi connectivity index (χ0n) is 17.0. The van der Waals surface area contributed by atoms with Gasteiger partial charge in [-0.05, 0) is 86.1 Å². The molecule has 0 amide bonds. The third kappa shape index (κ3) is 3.95. The predicted molar refractivity (Wildman–Crippen MR) is 110 cm³/mol. The van der Waals surface area contributed by atoms with E-state index in [1.807, 2.05) is 36.4 Å². The van der Waals surface area contributed by atoms with Gasteiger partial charge >= 0.3 is 5.97 Å². The van der Waals surface area contributed by atoms with Gasteiger partial charge in [-0.25, -0.2) is 4.39 Å². The van der Waals surface area contributed by atoms with Crippen LogP contribution in [0.4, 0.5) is 4.39 Å². The van der Waals surface area contributed by atoms with Crippen molar-refractivity contribution in [2.75, 3.05) is 0 Å². The first kappa shape index (κ1) is 19.6. The summed E-state index contributed by atoms with van der Waals surface area (Å²) < 4.78 is 26.3. The number of hydrogen-bond donors (Lipinski definition) is 1. The van der Waals surface area contributed by atoms with Gasteiger partial charge in [0.25, 0.3) is 0 Å². The van der Waals surface area contributed by atoms with Crippen LogP contribution in [-0.4, -0.2) is 16.7 Å². The number of carbonyl (C=O) groups is 1. The lowest BCUT2D eigenvalue weighted by Crippen LogP contribution is -2.26. The molecule has 2 atom stereocenters. The van der Waals surface area contributed by atoms with E-state index >= 15 is 0 Å². The zero-order chi connectivity index (χ0) is 20.8. The summed E-state index contributed by atoms with van der Waals surface area (Å²) in [5.74, 6) is 0.376. The molecule has 5 rings (SSSR count). The first-order valence-corrected chi connectivity index (χ1v) is 10.8. The monoisotopic (exact) mass is 410 g/mol.